The van der Waals surface area contributed by atoms with E-state index >= 15 is 0 Å². The van der Waals surface area contributed by atoms with Crippen molar-refractivity contribution in [2.24, 2.45) is 11.8 Å². The lowest BCUT2D eigenvalue weighted by Crippen LogP contribution is -2.41. The lowest BCUT2D eigenvalue weighted by Gasteiger charge is -2.29. The number of hydrogen-bond donors (Lipinski definition) is 2. The molecule has 3 unspecified atom stereocenters. The first kappa shape index (κ1) is 14.8. The second-order valence-electron chi connectivity index (χ2n) is 5.50. The van der Waals surface area contributed by atoms with E-state index in [0.717, 1.165) is 25.9 Å². The van der Waals surface area contributed by atoms with Crippen LogP contribution in [0.2, 0.25) is 0 Å². The average molecular weight is 261 g/mol. The summed E-state index contributed by atoms with van der Waals surface area (Å²) in [5.74, 6) is 1.51. The van der Waals surface area contributed by atoms with Gasteiger partial charge in [-0.25, -0.2) is 0 Å². The van der Waals surface area contributed by atoms with E-state index in [-0.39, 0.29) is 18.3 Å². The minimum atomic E-state index is 0. The third-order valence-electron chi connectivity index (χ3n) is 4.09. The third kappa shape index (κ3) is 4.47. The van der Waals surface area contributed by atoms with Crippen LogP contribution in [0, 0.1) is 11.8 Å². The molecule has 3 atom stereocenters. The highest BCUT2D eigenvalue weighted by molar-refractivity contribution is 5.85. The van der Waals surface area contributed by atoms with Crippen molar-refractivity contribution >= 4 is 18.3 Å². The van der Waals surface area contributed by atoms with Gasteiger partial charge in [0.25, 0.3) is 0 Å². The largest absolute Gasteiger partial charge is 0.353 e. The highest BCUT2D eigenvalue weighted by atomic mass is 35.5. The number of nitrogens with one attached hydrogen (secondary N) is 2. The zero-order valence-corrected chi connectivity index (χ0v) is 11.5. The molecule has 2 aliphatic rings. The van der Waals surface area contributed by atoms with E-state index in [9.17, 15) is 4.79 Å². The second-order valence-corrected chi connectivity index (χ2v) is 5.50. The van der Waals surface area contributed by atoms with Crippen LogP contribution in [0.3, 0.4) is 0 Å². The normalized spacial score (nSPS) is 32.9. The Morgan fingerprint density at radius 1 is 1.29 bits per heavy atom. The minimum absolute atomic E-state index is 0. The Bertz CT molecular complexity index is 242. The molecule has 2 N–H and O–H groups in total. The number of carbonyl (C=O) groups is 1. The van der Waals surface area contributed by atoms with E-state index in [1.165, 1.54) is 25.7 Å². The Morgan fingerprint density at radius 2 is 2.06 bits per heavy atom. The van der Waals surface area contributed by atoms with Gasteiger partial charge in [0.05, 0.1) is 0 Å². The fourth-order valence-corrected chi connectivity index (χ4v) is 2.95. The molecule has 17 heavy (non-hydrogen) atoms. The molecule has 0 aromatic carbocycles. The lowest BCUT2D eigenvalue weighted by molar-refractivity contribution is -0.123. The van der Waals surface area contributed by atoms with Crippen LogP contribution in [0.4, 0.5) is 0 Å². The van der Waals surface area contributed by atoms with Crippen LogP contribution in [0.15, 0.2) is 0 Å². The Labute approximate surface area is 111 Å². The number of rotatable bonds is 3. The molecular formula is C13H25ClN2O. The monoisotopic (exact) mass is 260 g/mol. The Hall–Kier alpha value is -0.280. The first-order valence-corrected chi connectivity index (χ1v) is 6.76. The first-order valence-electron chi connectivity index (χ1n) is 6.76. The third-order valence-corrected chi connectivity index (χ3v) is 4.09. The van der Waals surface area contributed by atoms with Gasteiger partial charge in [-0.3, -0.25) is 4.79 Å². The zero-order valence-electron chi connectivity index (χ0n) is 10.7. The van der Waals surface area contributed by atoms with Crippen LogP contribution < -0.4 is 10.6 Å². The molecular weight excluding hydrogens is 236 g/mol. The summed E-state index contributed by atoms with van der Waals surface area (Å²) in [7, 11) is 0. The van der Waals surface area contributed by atoms with Gasteiger partial charge in [0.2, 0.25) is 5.91 Å². The van der Waals surface area contributed by atoms with Crippen molar-refractivity contribution in [3.8, 4) is 0 Å². The first-order chi connectivity index (χ1) is 7.75. The van der Waals surface area contributed by atoms with Gasteiger partial charge in [-0.1, -0.05) is 19.8 Å². The molecule has 0 aromatic heterocycles. The van der Waals surface area contributed by atoms with Crippen molar-refractivity contribution in [2.45, 2.75) is 51.5 Å². The Morgan fingerprint density at radius 3 is 2.71 bits per heavy atom. The maximum atomic E-state index is 11.9. The van der Waals surface area contributed by atoms with Gasteiger partial charge in [0, 0.05) is 12.5 Å². The summed E-state index contributed by atoms with van der Waals surface area (Å²) in [6.45, 7) is 4.37. The number of halogens is 1. The molecule has 4 heteroatoms. The minimum Gasteiger partial charge on any atom is -0.353 e. The molecule has 1 heterocycles. The molecule has 0 aromatic rings. The fraction of sp³-hybridized carbons (Fsp3) is 0.923. The van der Waals surface area contributed by atoms with E-state index in [1.807, 2.05) is 0 Å². The van der Waals surface area contributed by atoms with Crippen LogP contribution in [-0.4, -0.2) is 25.0 Å². The quantitative estimate of drug-likeness (QED) is 0.816. The molecule has 3 nitrogen and oxygen atoms in total. The SMILES string of the molecule is CC1CCCCC1NC(=O)CC1CCNC1.Cl. The van der Waals surface area contributed by atoms with Crippen LogP contribution in [0.5, 0.6) is 0 Å². The van der Waals surface area contributed by atoms with Crippen molar-refractivity contribution < 1.29 is 4.79 Å². The van der Waals surface area contributed by atoms with Gasteiger partial charge in [0.1, 0.15) is 0 Å². The predicted octanol–water partition coefficient (Wildman–Crippen LogP) is 2.10. The number of amides is 1. The van der Waals surface area contributed by atoms with Crippen LogP contribution in [0.25, 0.3) is 0 Å². The van der Waals surface area contributed by atoms with Gasteiger partial charge in [-0.15, -0.1) is 12.4 Å². The fourth-order valence-electron chi connectivity index (χ4n) is 2.95. The highest BCUT2D eigenvalue weighted by Gasteiger charge is 2.24. The predicted molar refractivity (Wildman–Crippen MR) is 72.4 cm³/mol. The van der Waals surface area contributed by atoms with Crippen molar-refractivity contribution in [2.75, 3.05) is 13.1 Å². The topological polar surface area (TPSA) is 41.1 Å². The molecule has 1 saturated carbocycles. The van der Waals surface area contributed by atoms with Gasteiger partial charge in [-0.2, -0.15) is 0 Å². The highest BCUT2D eigenvalue weighted by Crippen LogP contribution is 2.24. The molecule has 1 aliphatic carbocycles. The number of carbonyl (C=O) groups excluding carboxylic acids is 1. The molecule has 1 saturated heterocycles. The summed E-state index contributed by atoms with van der Waals surface area (Å²) in [5, 5.41) is 6.54. The Kier molecular flexibility index (Phi) is 6.28. The summed E-state index contributed by atoms with van der Waals surface area (Å²) in [4.78, 5) is 11.9. The summed E-state index contributed by atoms with van der Waals surface area (Å²) in [6, 6.07) is 0.440. The molecule has 0 radical (unpaired) electrons. The van der Waals surface area contributed by atoms with Gasteiger partial charge < -0.3 is 10.6 Å². The smallest absolute Gasteiger partial charge is 0.220 e. The molecule has 0 bridgehead atoms. The average Bonchev–Trinajstić information content (AvgIpc) is 2.74. The molecule has 0 spiro atoms. The molecule has 2 fully saturated rings. The molecule has 1 amide bonds. The summed E-state index contributed by atoms with van der Waals surface area (Å²) >= 11 is 0. The zero-order chi connectivity index (χ0) is 11.4. The maximum Gasteiger partial charge on any atom is 0.220 e. The summed E-state index contributed by atoms with van der Waals surface area (Å²) < 4.78 is 0. The van der Waals surface area contributed by atoms with E-state index in [1.54, 1.807) is 0 Å². The van der Waals surface area contributed by atoms with Crippen LogP contribution in [0.1, 0.15) is 45.4 Å². The molecule has 2 rings (SSSR count). The van der Waals surface area contributed by atoms with Crippen LogP contribution in [-0.2, 0) is 4.79 Å². The van der Waals surface area contributed by atoms with Crippen LogP contribution >= 0.6 is 12.4 Å². The summed E-state index contributed by atoms with van der Waals surface area (Å²) in [5.41, 5.74) is 0. The summed E-state index contributed by atoms with van der Waals surface area (Å²) in [6.07, 6.45) is 6.94. The van der Waals surface area contributed by atoms with E-state index in [4.69, 9.17) is 0 Å². The van der Waals surface area contributed by atoms with Crippen molar-refractivity contribution in [3.05, 3.63) is 0 Å². The Balaban J connectivity index is 0.00000144. The van der Waals surface area contributed by atoms with E-state index in [0.29, 0.717) is 17.9 Å². The molecule has 100 valence electrons. The van der Waals surface area contributed by atoms with E-state index < -0.39 is 0 Å². The number of hydrogen-bond acceptors (Lipinski definition) is 2. The van der Waals surface area contributed by atoms with E-state index in [2.05, 4.69) is 17.6 Å². The van der Waals surface area contributed by atoms with Gasteiger partial charge >= 0.3 is 0 Å². The second kappa shape index (κ2) is 7.22. The maximum absolute atomic E-state index is 11.9. The standard InChI is InChI=1S/C13H24N2O.ClH/c1-10-4-2-3-5-12(10)15-13(16)8-11-6-7-14-9-11;/h10-12,14H,2-9H2,1H3,(H,15,16);1H. The molecule has 1 aliphatic heterocycles. The van der Waals surface area contributed by atoms with Crippen molar-refractivity contribution in [1.29, 1.82) is 0 Å². The van der Waals surface area contributed by atoms with Crippen molar-refractivity contribution in [3.63, 3.8) is 0 Å². The van der Waals surface area contributed by atoms with Gasteiger partial charge in [0.15, 0.2) is 0 Å². The van der Waals surface area contributed by atoms with Crippen molar-refractivity contribution in [1.82, 2.24) is 10.6 Å². The van der Waals surface area contributed by atoms with Gasteiger partial charge in [-0.05, 0) is 44.2 Å². The lowest BCUT2D eigenvalue weighted by atomic mass is 9.86.